The van der Waals surface area contributed by atoms with Crippen molar-refractivity contribution < 1.29 is 32.2 Å². The number of aliphatic hydroxyl groups excluding tert-OH is 2. The van der Waals surface area contributed by atoms with Gasteiger partial charge in [-0.3, -0.25) is 0 Å². The largest absolute Gasteiger partial charge is 0.389 e. The predicted octanol–water partition coefficient (Wildman–Crippen LogP) is 4.95. The lowest BCUT2D eigenvalue weighted by molar-refractivity contribution is -0.0657. The summed E-state index contributed by atoms with van der Waals surface area (Å²) in [5.74, 6) is 0. The third-order valence-corrected chi connectivity index (χ3v) is 13.4. The Balaban J connectivity index is 1.86. The summed E-state index contributed by atoms with van der Waals surface area (Å²) in [7, 11) is -10.7. The van der Waals surface area contributed by atoms with Crippen molar-refractivity contribution in [2.24, 2.45) is 0 Å². The van der Waals surface area contributed by atoms with Gasteiger partial charge >= 0.3 is 4.27 Å². The molecular weight excluding hydrogens is 609 g/mol. The van der Waals surface area contributed by atoms with Gasteiger partial charge in [-0.15, -0.1) is 0 Å². The number of hydrogen-bond donors (Lipinski definition) is 3. The zero-order chi connectivity index (χ0) is 32.5. The molecule has 5 rings (SSSR count). The molecule has 0 radical (unpaired) electrons. The standard InChI is InChI=1S/C36H34O7S2/c1-26-18-22-31(23-19-26)44(40,41)36(39,45(42,43)32-24-20-27(2)21-25-32)34(38)33(37)35(28-12-6-3-7-13-28,29-14-8-4-9-15-29)30-16-10-5-11-17-30/h3-25,33-34,37-39H,1-2H3. The fourth-order valence-corrected chi connectivity index (χ4v) is 10.1. The van der Waals surface area contributed by atoms with Crippen LogP contribution >= 0.6 is 0 Å². The third kappa shape index (κ3) is 5.30. The van der Waals surface area contributed by atoms with Gasteiger partial charge in [0, 0.05) is 0 Å². The molecule has 0 aliphatic carbocycles. The molecule has 45 heavy (non-hydrogen) atoms. The van der Waals surface area contributed by atoms with E-state index in [0.29, 0.717) is 27.8 Å². The second-order valence-corrected chi connectivity index (χ2v) is 15.5. The van der Waals surface area contributed by atoms with Crippen molar-refractivity contribution in [2.75, 3.05) is 0 Å². The van der Waals surface area contributed by atoms with Gasteiger partial charge in [0.05, 0.1) is 15.2 Å². The topological polar surface area (TPSA) is 129 Å². The first-order valence-electron chi connectivity index (χ1n) is 14.3. The van der Waals surface area contributed by atoms with E-state index in [2.05, 4.69) is 0 Å². The molecular formula is C36H34O7S2. The van der Waals surface area contributed by atoms with Gasteiger partial charge in [0.15, 0.2) is 0 Å². The van der Waals surface area contributed by atoms with E-state index >= 15 is 0 Å². The lowest BCUT2D eigenvalue weighted by atomic mass is 9.64. The van der Waals surface area contributed by atoms with E-state index in [1.807, 2.05) is 0 Å². The molecule has 3 N–H and O–H groups in total. The molecule has 2 atom stereocenters. The van der Waals surface area contributed by atoms with E-state index in [-0.39, 0.29) is 0 Å². The first-order valence-corrected chi connectivity index (χ1v) is 17.2. The van der Waals surface area contributed by atoms with Crippen molar-refractivity contribution in [3.63, 3.8) is 0 Å². The Morgan fingerprint density at radius 2 is 0.756 bits per heavy atom. The first kappa shape index (κ1) is 32.3. The zero-order valence-corrected chi connectivity index (χ0v) is 26.4. The van der Waals surface area contributed by atoms with Crippen LogP contribution in [0.2, 0.25) is 0 Å². The SMILES string of the molecule is Cc1ccc(S(=O)(=O)C(O)(C(O)C(O)C(c2ccccc2)(c2ccccc2)c2ccccc2)S(=O)(=O)c2ccc(C)cc2)cc1. The van der Waals surface area contributed by atoms with Crippen LogP contribution in [-0.2, 0) is 25.1 Å². The highest BCUT2D eigenvalue weighted by Gasteiger charge is 2.65. The lowest BCUT2D eigenvalue weighted by Gasteiger charge is -2.45. The Morgan fingerprint density at radius 3 is 1.04 bits per heavy atom. The van der Waals surface area contributed by atoms with Crippen LogP contribution in [0.5, 0.6) is 0 Å². The summed E-state index contributed by atoms with van der Waals surface area (Å²) in [4.78, 5) is -1.08. The number of hydrogen-bond acceptors (Lipinski definition) is 7. The van der Waals surface area contributed by atoms with E-state index in [4.69, 9.17) is 0 Å². The first-order chi connectivity index (χ1) is 21.4. The number of aliphatic hydroxyl groups is 3. The Bertz CT molecular complexity index is 1790. The van der Waals surface area contributed by atoms with Gasteiger partial charge in [-0.05, 0) is 54.8 Å². The van der Waals surface area contributed by atoms with Crippen LogP contribution in [0.3, 0.4) is 0 Å². The Morgan fingerprint density at radius 1 is 0.467 bits per heavy atom. The Kier molecular flexibility index (Phi) is 8.86. The lowest BCUT2D eigenvalue weighted by Crippen LogP contribution is -2.63. The van der Waals surface area contributed by atoms with Crippen molar-refractivity contribution >= 4 is 19.7 Å². The molecule has 2 unspecified atom stereocenters. The Hall–Kier alpha value is -4.12. The summed E-state index contributed by atoms with van der Waals surface area (Å²) in [6.07, 6.45) is -5.02. The zero-order valence-electron chi connectivity index (χ0n) is 24.7. The molecule has 0 saturated heterocycles. The molecule has 0 aliphatic rings. The van der Waals surface area contributed by atoms with Crippen LogP contribution in [0.15, 0.2) is 149 Å². The van der Waals surface area contributed by atoms with Crippen molar-refractivity contribution in [1.82, 2.24) is 0 Å². The van der Waals surface area contributed by atoms with Crippen molar-refractivity contribution in [3.05, 3.63) is 167 Å². The maximum Gasteiger partial charge on any atom is 0.305 e. The number of sulfone groups is 2. The minimum absolute atomic E-state index is 0.428. The fourth-order valence-electron chi connectivity index (χ4n) is 5.79. The van der Waals surface area contributed by atoms with Crippen LogP contribution in [-0.4, -0.2) is 48.6 Å². The molecule has 232 valence electrons. The molecule has 0 heterocycles. The van der Waals surface area contributed by atoms with Crippen molar-refractivity contribution in [1.29, 1.82) is 0 Å². The van der Waals surface area contributed by atoms with Crippen molar-refractivity contribution in [2.45, 2.75) is 45.5 Å². The van der Waals surface area contributed by atoms with Gasteiger partial charge in [-0.1, -0.05) is 126 Å². The van der Waals surface area contributed by atoms with E-state index in [9.17, 15) is 32.2 Å². The minimum atomic E-state index is -5.33. The molecule has 0 saturated carbocycles. The van der Waals surface area contributed by atoms with Crippen LogP contribution in [0.4, 0.5) is 0 Å². The fraction of sp³-hybridized carbons (Fsp3) is 0.167. The number of rotatable bonds is 10. The maximum atomic E-state index is 14.4. The average Bonchev–Trinajstić information content (AvgIpc) is 3.06. The molecule has 0 aliphatic heterocycles. The van der Waals surface area contributed by atoms with Gasteiger partial charge in [-0.25, -0.2) is 16.8 Å². The third-order valence-electron chi connectivity index (χ3n) is 8.24. The molecule has 7 nitrogen and oxygen atoms in total. The van der Waals surface area contributed by atoms with E-state index in [0.717, 1.165) is 24.3 Å². The van der Waals surface area contributed by atoms with E-state index in [1.165, 1.54) is 24.3 Å². The van der Waals surface area contributed by atoms with Gasteiger partial charge in [0.1, 0.15) is 12.2 Å². The summed E-state index contributed by atoms with van der Waals surface area (Å²) in [6.45, 7) is 3.44. The van der Waals surface area contributed by atoms with E-state index < -0.39 is 51.4 Å². The summed E-state index contributed by atoms with van der Waals surface area (Å²) >= 11 is 0. The molecule has 0 bridgehead atoms. The van der Waals surface area contributed by atoms with Gasteiger partial charge in [-0.2, -0.15) is 0 Å². The maximum absolute atomic E-state index is 14.4. The Labute approximate surface area is 263 Å². The highest BCUT2D eigenvalue weighted by Crippen LogP contribution is 2.47. The highest BCUT2D eigenvalue weighted by molar-refractivity contribution is 8.10. The van der Waals surface area contributed by atoms with Crippen LogP contribution < -0.4 is 0 Å². The van der Waals surface area contributed by atoms with Crippen LogP contribution in [0.25, 0.3) is 0 Å². The molecule has 0 fully saturated rings. The molecule has 5 aromatic carbocycles. The quantitative estimate of drug-likeness (QED) is 0.184. The molecule has 0 amide bonds. The van der Waals surface area contributed by atoms with Gasteiger partial charge in [0.25, 0.3) is 0 Å². The summed E-state index contributed by atoms with van der Waals surface area (Å²) < 4.78 is 53.8. The molecule has 0 aromatic heterocycles. The molecule has 0 spiro atoms. The smallest absolute Gasteiger partial charge is 0.305 e. The molecule has 9 heteroatoms. The molecule has 5 aromatic rings. The number of aryl methyl sites for hydroxylation is 2. The second-order valence-electron chi connectivity index (χ2n) is 11.1. The normalized spacial score (nSPS) is 14.1. The highest BCUT2D eigenvalue weighted by atomic mass is 32.3. The van der Waals surface area contributed by atoms with Gasteiger partial charge in [0.2, 0.25) is 19.7 Å². The monoisotopic (exact) mass is 642 g/mol. The van der Waals surface area contributed by atoms with Crippen LogP contribution in [0.1, 0.15) is 27.8 Å². The second kappa shape index (κ2) is 12.3. The van der Waals surface area contributed by atoms with Gasteiger partial charge < -0.3 is 15.3 Å². The van der Waals surface area contributed by atoms with Crippen molar-refractivity contribution in [3.8, 4) is 0 Å². The van der Waals surface area contributed by atoms with Crippen LogP contribution in [0, 0.1) is 13.8 Å². The summed E-state index contributed by atoms with van der Waals surface area (Å²) in [5, 5.41) is 37.1. The predicted molar refractivity (Wildman–Crippen MR) is 173 cm³/mol. The minimum Gasteiger partial charge on any atom is -0.389 e. The summed E-state index contributed by atoms with van der Waals surface area (Å²) in [5.41, 5.74) is 0.916. The van der Waals surface area contributed by atoms with E-state index in [1.54, 1.807) is 105 Å². The summed E-state index contributed by atoms with van der Waals surface area (Å²) in [6, 6.07) is 36.2. The number of benzene rings is 5. The average molecular weight is 643 g/mol.